The van der Waals surface area contributed by atoms with E-state index in [1.165, 1.54) is 36.3 Å². The first-order valence-corrected chi connectivity index (χ1v) is 10.5. The molecule has 2 aromatic rings. The van der Waals surface area contributed by atoms with E-state index in [4.69, 9.17) is 4.74 Å². The molecule has 1 atom stereocenters. The molecule has 0 bridgehead atoms. The number of carbonyl (C=O) groups excluding carboxylic acids is 2. The van der Waals surface area contributed by atoms with E-state index in [0.717, 1.165) is 31.2 Å². The Morgan fingerprint density at radius 1 is 1.18 bits per heavy atom. The van der Waals surface area contributed by atoms with Crippen LogP contribution < -0.4 is 5.32 Å². The average molecular weight is 405 g/mol. The fourth-order valence-corrected chi connectivity index (χ4v) is 4.27. The highest BCUT2D eigenvalue weighted by atomic mass is 32.1. The summed E-state index contributed by atoms with van der Waals surface area (Å²) in [7, 11) is 0. The number of thiazole rings is 1. The van der Waals surface area contributed by atoms with Gasteiger partial charge < -0.3 is 10.1 Å². The molecule has 150 valence electrons. The maximum absolute atomic E-state index is 13.1. The summed E-state index contributed by atoms with van der Waals surface area (Å²) in [6.07, 6.45) is 5.72. The SMILES string of the molecule is Cc1nc(-c2ccc(F)cc2)sc1C(=O)O[C@@H](C)C(=O)NC1CCCCCC1. The van der Waals surface area contributed by atoms with E-state index in [0.29, 0.717) is 15.6 Å². The molecule has 3 rings (SSSR count). The number of hydrogen-bond donors (Lipinski definition) is 1. The van der Waals surface area contributed by atoms with Crippen molar-refractivity contribution in [1.82, 2.24) is 10.3 Å². The van der Waals surface area contributed by atoms with Gasteiger partial charge in [0, 0.05) is 11.6 Å². The third-order valence-corrected chi connectivity index (χ3v) is 6.11. The van der Waals surface area contributed by atoms with Gasteiger partial charge in [-0.3, -0.25) is 4.79 Å². The van der Waals surface area contributed by atoms with Gasteiger partial charge in [-0.1, -0.05) is 25.7 Å². The van der Waals surface area contributed by atoms with E-state index in [9.17, 15) is 14.0 Å². The molecule has 0 spiro atoms. The summed E-state index contributed by atoms with van der Waals surface area (Å²) in [6.45, 7) is 3.30. The van der Waals surface area contributed by atoms with Crippen LogP contribution in [0.3, 0.4) is 0 Å². The van der Waals surface area contributed by atoms with Crippen molar-refractivity contribution in [1.29, 1.82) is 0 Å². The fraction of sp³-hybridized carbons (Fsp3) is 0.476. The van der Waals surface area contributed by atoms with Gasteiger partial charge >= 0.3 is 5.97 Å². The Bertz CT molecular complexity index is 827. The first-order valence-electron chi connectivity index (χ1n) is 9.69. The smallest absolute Gasteiger partial charge is 0.351 e. The minimum absolute atomic E-state index is 0.159. The van der Waals surface area contributed by atoms with Gasteiger partial charge in [0.15, 0.2) is 6.10 Å². The molecule has 0 saturated heterocycles. The van der Waals surface area contributed by atoms with Crippen molar-refractivity contribution in [2.45, 2.75) is 64.5 Å². The molecule has 7 heteroatoms. The molecule has 1 heterocycles. The first kappa shape index (κ1) is 20.5. The van der Waals surface area contributed by atoms with Crippen molar-refractivity contribution >= 4 is 23.2 Å². The normalized spacial score (nSPS) is 16.2. The van der Waals surface area contributed by atoms with Crippen LogP contribution in [0.5, 0.6) is 0 Å². The number of halogens is 1. The second-order valence-corrected chi connectivity index (χ2v) is 8.18. The molecular weight excluding hydrogens is 379 g/mol. The van der Waals surface area contributed by atoms with Gasteiger partial charge in [0.25, 0.3) is 5.91 Å². The molecule has 1 aliphatic rings. The van der Waals surface area contributed by atoms with Crippen molar-refractivity contribution in [3.05, 3.63) is 40.7 Å². The number of ether oxygens (including phenoxy) is 1. The monoisotopic (exact) mass is 404 g/mol. The zero-order valence-electron chi connectivity index (χ0n) is 16.2. The van der Waals surface area contributed by atoms with Crippen molar-refractivity contribution in [2.75, 3.05) is 0 Å². The van der Waals surface area contributed by atoms with Gasteiger partial charge in [0.2, 0.25) is 0 Å². The predicted molar refractivity (Wildman–Crippen MR) is 107 cm³/mol. The predicted octanol–water partition coefficient (Wildman–Crippen LogP) is 4.64. The molecule has 1 saturated carbocycles. The van der Waals surface area contributed by atoms with Crippen molar-refractivity contribution in [3.63, 3.8) is 0 Å². The topological polar surface area (TPSA) is 68.3 Å². The number of carbonyl (C=O) groups is 2. The molecule has 0 radical (unpaired) electrons. The number of nitrogens with zero attached hydrogens (tertiary/aromatic N) is 1. The van der Waals surface area contributed by atoms with Crippen LogP contribution in [-0.2, 0) is 9.53 Å². The summed E-state index contributed by atoms with van der Waals surface area (Å²) in [5, 5.41) is 3.61. The Morgan fingerprint density at radius 2 is 1.82 bits per heavy atom. The van der Waals surface area contributed by atoms with Crippen LogP contribution in [0.1, 0.15) is 60.8 Å². The Hall–Kier alpha value is -2.28. The minimum Gasteiger partial charge on any atom is -0.448 e. The molecule has 1 aliphatic carbocycles. The second kappa shape index (κ2) is 9.28. The van der Waals surface area contributed by atoms with Gasteiger partial charge in [-0.2, -0.15) is 0 Å². The Kier molecular flexibility index (Phi) is 6.78. The fourth-order valence-electron chi connectivity index (χ4n) is 3.31. The number of benzene rings is 1. The summed E-state index contributed by atoms with van der Waals surface area (Å²) < 4.78 is 18.5. The lowest BCUT2D eigenvalue weighted by atomic mass is 10.1. The number of nitrogens with one attached hydrogen (secondary N) is 1. The minimum atomic E-state index is -0.869. The maximum atomic E-state index is 13.1. The van der Waals surface area contributed by atoms with E-state index in [-0.39, 0.29) is 17.8 Å². The molecule has 1 aromatic carbocycles. The summed E-state index contributed by atoms with van der Waals surface area (Å²) in [5.41, 5.74) is 1.26. The van der Waals surface area contributed by atoms with Gasteiger partial charge in [-0.05, 0) is 51.0 Å². The third kappa shape index (κ3) is 5.16. The highest BCUT2D eigenvalue weighted by Gasteiger charge is 2.25. The van der Waals surface area contributed by atoms with Crippen LogP contribution in [0.15, 0.2) is 24.3 Å². The molecule has 1 fully saturated rings. The first-order chi connectivity index (χ1) is 13.4. The van der Waals surface area contributed by atoms with Crippen LogP contribution in [0, 0.1) is 12.7 Å². The highest BCUT2D eigenvalue weighted by molar-refractivity contribution is 7.17. The van der Waals surface area contributed by atoms with Gasteiger partial charge in [-0.25, -0.2) is 14.2 Å². The van der Waals surface area contributed by atoms with Crippen LogP contribution in [0.4, 0.5) is 4.39 Å². The van der Waals surface area contributed by atoms with Crippen LogP contribution in [-0.4, -0.2) is 29.0 Å². The second-order valence-electron chi connectivity index (χ2n) is 7.19. The molecule has 5 nitrogen and oxygen atoms in total. The molecule has 28 heavy (non-hydrogen) atoms. The third-order valence-electron chi connectivity index (χ3n) is 4.93. The van der Waals surface area contributed by atoms with Crippen LogP contribution >= 0.6 is 11.3 Å². The molecular formula is C21H25FN2O3S. The van der Waals surface area contributed by atoms with Crippen molar-refractivity contribution < 1.29 is 18.7 Å². The summed E-state index contributed by atoms with van der Waals surface area (Å²) >= 11 is 1.18. The lowest BCUT2D eigenvalue weighted by molar-refractivity contribution is -0.129. The average Bonchev–Trinajstić information content (AvgIpc) is 2.88. The summed E-state index contributed by atoms with van der Waals surface area (Å²) in [6, 6.07) is 6.09. The number of rotatable bonds is 5. The van der Waals surface area contributed by atoms with Gasteiger partial charge in [0.1, 0.15) is 15.7 Å². The van der Waals surface area contributed by atoms with Gasteiger partial charge in [0.05, 0.1) is 5.69 Å². The zero-order chi connectivity index (χ0) is 20.1. The van der Waals surface area contributed by atoms with E-state index in [1.54, 1.807) is 26.0 Å². The van der Waals surface area contributed by atoms with Crippen molar-refractivity contribution in [3.8, 4) is 10.6 Å². The highest BCUT2D eigenvalue weighted by Crippen LogP contribution is 2.29. The number of amides is 1. The van der Waals surface area contributed by atoms with E-state index in [2.05, 4.69) is 10.3 Å². The molecule has 0 aliphatic heterocycles. The summed E-state index contributed by atoms with van der Waals surface area (Å²) in [5.74, 6) is -1.15. The Balaban J connectivity index is 1.62. The standard InChI is InChI=1S/C21H25FN2O3S/c1-13-18(28-20(23-13)15-9-11-16(22)12-10-15)21(26)27-14(2)19(25)24-17-7-5-3-4-6-8-17/h9-12,14,17H,3-8H2,1-2H3,(H,24,25)/t14-/m0/s1. The van der Waals surface area contributed by atoms with Gasteiger partial charge in [-0.15, -0.1) is 11.3 Å². The Labute approximate surface area is 168 Å². The zero-order valence-corrected chi connectivity index (χ0v) is 17.0. The molecule has 1 amide bonds. The van der Waals surface area contributed by atoms with E-state index >= 15 is 0 Å². The Morgan fingerprint density at radius 3 is 2.46 bits per heavy atom. The molecule has 1 aromatic heterocycles. The number of aryl methyl sites for hydroxylation is 1. The number of aromatic nitrogens is 1. The molecule has 1 N–H and O–H groups in total. The van der Waals surface area contributed by atoms with E-state index < -0.39 is 12.1 Å². The summed E-state index contributed by atoms with van der Waals surface area (Å²) in [4.78, 5) is 29.7. The number of esters is 1. The lowest BCUT2D eigenvalue weighted by Crippen LogP contribution is -2.41. The molecule has 0 unspecified atom stereocenters. The number of hydrogen-bond acceptors (Lipinski definition) is 5. The lowest BCUT2D eigenvalue weighted by Gasteiger charge is -2.19. The van der Waals surface area contributed by atoms with Crippen LogP contribution in [0.25, 0.3) is 10.6 Å². The maximum Gasteiger partial charge on any atom is 0.351 e. The van der Waals surface area contributed by atoms with Crippen LogP contribution in [0.2, 0.25) is 0 Å². The quantitative estimate of drug-likeness (QED) is 0.582. The largest absolute Gasteiger partial charge is 0.448 e. The van der Waals surface area contributed by atoms with E-state index in [1.807, 2.05) is 0 Å². The van der Waals surface area contributed by atoms with Crippen molar-refractivity contribution in [2.24, 2.45) is 0 Å².